The summed E-state index contributed by atoms with van der Waals surface area (Å²) in [6, 6.07) is 26.1. The van der Waals surface area contributed by atoms with Gasteiger partial charge in [-0.15, -0.1) is 0 Å². The van der Waals surface area contributed by atoms with E-state index in [4.69, 9.17) is 9.73 Å². The van der Waals surface area contributed by atoms with Crippen LogP contribution >= 0.6 is 0 Å². The van der Waals surface area contributed by atoms with Gasteiger partial charge in [-0.05, 0) is 76.3 Å². The molecule has 0 saturated carbocycles. The molecule has 0 aromatic heterocycles. The van der Waals surface area contributed by atoms with Crippen LogP contribution in [0.2, 0.25) is 0 Å². The Morgan fingerprint density at radius 3 is 2.00 bits per heavy atom. The molecule has 4 nitrogen and oxygen atoms in total. The van der Waals surface area contributed by atoms with Gasteiger partial charge in [-0.1, -0.05) is 73.2 Å². The van der Waals surface area contributed by atoms with E-state index in [2.05, 4.69) is 119 Å². The molecule has 4 aromatic carbocycles. The molecule has 0 N–H and O–H groups in total. The van der Waals surface area contributed by atoms with Crippen molar-refractivity contribution in [3.05, 3.63) is 78.4 Å². The molecule has 0 aliphatic carbocycles. The number of quaternary nitrogens is 1. The van der Waals surface area contributed by atoms with Crippen LogP contribution in [0.5, 0.6) is 5.75 Å². The summed E-state index contributed by atoms with van der Waals surface area (Å²) in [6.07, 6.45) is 7.06. The number of para-hydroxylation sites is 1. The van der Waals surface area contributed by atoms with Gasteiger partial charge in [0, 0.05) is 23.0 Å². The lowest BCUT2D eigenvalue weighted by atomic mass is 9.77. The zero-order valence-corrected chi connectivity index (χ0v) is 25.6. The van der Waals surface area contributed by atoms with Crippen LogP contribution in [0.1, 0.15) is 65.9 Å². The molecular weight excluding hydrogens is 502 g/mol. The summed E-state index contributed by atoms with van der Waals surface area (Å²) < 4.78 is 8.59. The van der Waals surface area contributed by atoms with Crippen LogP contribution in [-0.2, 0) is 5.41 Å². The lowest BCUT2D eigenvalue weighted by Gasteiger charge is -2.46. The van der Waals surface area contributed by atoms with Gasteiger partial charge in [0.05, 0.1) is 37.8 Å². The normalized spacial score (nSPS) is 19.1. The molecule has 6 rings (SSSR count). The lowest BCUT2D eigenvalue weighted by Crippen LogP contribution is -2.62. The smallest absolute Gasteiger partial charge is 0.228 e. The molecule has 0 radical (unpaired) electrons. The van der Waals surface area contributed by atoms with Gasteiger partial charge < -0.3 is 14.1 Å². The first-order valence-corrected chi connectivity index (χ1v) is 15.8. The molecule has 2 aliphatic rings. The summed E-state index contributed by atoms with van der Waals surface area (Å²) in [5, 5.41) is 4.72. The molecule has 4 heteroatoms. The number of hydrogen-bond acceptors (Lipinski definition) is 3. The Morgan fingerprint density at radius 1 is 0.707 bits per heavy atom. The quantitative estimate of drug-likeness (QED) is 0.112. The number of aliphatic imine (C=N–C) groups is 1. The van der Waals surface area contributed by atoms with E-state index in [1.54, 1.807) is 0 Å². The topological polar surface area (TPSA) is 24.8 Å². The van der Waals surface area contributed by atoms with Gasteiger partial charge in [0.15, 0.2) is 5.75 Å². The highest BCUT2D eigenvalue weighted by atomic mass is 16.5. The minimum atomic E-state index is -0.687. The highest BCUT2D eigenvalue weighted by Gasteiger charge is 2.59. The molecular formula is C37H46N3O+. The Morgan fingerprint density at radius 2 is 1.29 bits per heavy atom. The fourth-order valence-corrected chi connectivity index (χ4v) is 7.52. The molecule has 0 saturated heterocycles. The summed E-state index contributed by atoms with van der Waals surface area (Å²) >= 11 is 0. The average Bonchev–Trinajstić information content (AvgIpc) is 3.19. The van der Waals surface area contributed by atoms with Crippen LogP contribution in [0.15, 0.2) is 77.8 Å². The zero-order valence-electron chi connectivity index (χ0n) is 25.6. The van der Waals surface area contributed by atoms with Gasteiger partial charge in [0.1, 0.15) is 5.69 Å². The molecule has 0 amide bonds. The Balaban J connectivity index is 1.32. The molecule has 1 atom stereocenters. The van der Waals surface area contributed by atoms with Crippen LogP contribution < -0.4 is 9.64 Å². The number of hydrogen-bond donors (Lipinski definition) is 0. The summed E-state index contributed by atoms with van der Waals surface area (Å²) in [5.74, 6) is 0.903. The maximum atomic E-state index is 7.35. The first-order chi connectivity index (χ1) is 19.9. The number of benzene rings is 4. The van der Waals surface area contributed by atoms with Crippen LogP contribution in [0.3, 0.4) is 0 Å². The minimum absolute atomic E-state index is 0.280. The van der Waals surface area contributed by atoms with Gasteiger partial charge in [0.25, 0.3) is 0 Å². The fourth-order valence-electron chi connectivity index (χ4n) is 7.52. The van der Waals surface area contributed by atoms with Gasteiger partial charge in [-0.25, -0.2) is 0 Å². The van der Waals surface area contributed by atoms with E-state index in [9.17, 15) is 0 Å². The van der Waals surface area contributed by atoms with E-state index >= 15 is 0 Å². The zero-order chi connectivity index (χ0) is 28.7. The molecule has 41 heavy (non-hydrogen) atoms. The van der Waals surface area contributed by atoms with Crippen molar-refractivity contribution in [2.75, 3.05) is 37.6 Å². The predicted octanol–water partition coefficient (Wildman–Crippen LogP) is 9.02. The van der Waals surface area contributed by atoms with Crippen LogP contribution in [0.4, 0.5) is 11.4 Å². The Labute approximate surface area is 246 Å². The van der Waals surface area contributed by atoms with Crippen molar-refractivity contribution < 1.29 is 9.22 Å². The molecule has 0 bridgehead atoms. The molecule has 1 spiro atoms. The summed E-state index contributed by atoms with van der Waals surface area (Å²) in [6.45, 7) is 17.6. The van der Waals surface area contributed by atoms with E-state index in [-0.39, 0.29) is 5.41 Å². The molecule has 0 fully saturated rings. The van der Waals surface area contributed by atoms with Crippen molar-refractivity contribution in [1.82, 2.24) is 0 Å². The van der Waals surface area contributed by atoms with E-state index < -0.39 is 5.72 Å². The van der Waals surface area contributed by atoms with E-state index in [0.29, 0.717) is 0 Å². The summed E-state index contributed by atoms with van der Waals surface area (Å²) in [5.41, 5.74) is 2.58. The van der Waals surface area contributed by atoms with Crippen LogP contribution in [0.25, 0.3) is 21.5 Å². The van der Waals surface area contributed by atoms with Crippen molar-refractivity contribution in [2.24, 2.45) is 4.99 Å². The summed E-state index contributed by atoms with van der Waals surface area (Å²) in [7, 11) is 0. The predicted molar refractivity (Wildman–Crippen MR) is 175 cm³/mol. The third-order valence-corrected chi connectivity index (χ3v) is 10.4. The Kier molecular flexibility index (Phi) is 7.32. The third-order valence-electron chi connectivity index (χ3n) is 10.4. The number of ether oxygens (including phenoxy) is 1. The van der Waals surface area contributed by atoms with E-state index in [1.165, 1.54) is 71.9 Å². The molecule has 1 unspecified atom stereocenters. The Hall–Kier alpha value is -3.37. The maximum absolute atomic E-state index is 7.35. The average molecular weight is 549 g/mol. The van der Waals surface area contributed by atoms with Gasteiger partial charge in [0.2, 0.25) is 5.72 Å². The minimum Gasteiger partial charge on any atom is -0.459 e. The van der Waals surface area contributed by atoms with E-state index in [0.717, 1.165) is 35.2 Å². The summed E-state index contributed by atoms with van der Waals surface area (Å²) in [4.78, 5) is 7.77. The number of nitrogens with zero attached hydrogens (tertiary/aromatic N) is 3. The highest BCUT2D eigenvalue weighted by Crippen LogP contribution is 2.56. The number of rotatable bonds is 10. The second-order valence-electron chi connectivity index (χ2n) is 12.5. The van der Waals surface area contributed by atoms with Gasteiger partial charge in [-0.3, -0.25) is 4.99 Å². The molecule has 2 aliphatic heterocycles. The largest absolute Gasteiger partial charge is 0.459 e. The monoisotopic (exact) mass is 548 g/mol. The van der Waals surface area contributed by atoms with Crippen LogP contribution in [0, 0.1) is 0 Å². The first kappa shape index (κ1) is 27.8. The Bertz CT molecular complexity index is 1580. The number of unbranched alkanes of at least 4 members (excludes halogenated alkanes) is 3. The third kappa shape index (κ3) is 4.34. The second-order valence-corrected chi connectivity index (χ2v) is 12.5. The van der Waals surface area contributed by atoms with Crippen molar-refractivity contribution in [3.63, 3.8) is 0 Å². The number of anilines is 1. The van der Waals surface area contributed by atoms with E-state index in [1.807, 2.05) is 0 Å². The standard InChI is InChI=1S/C37H46N3O/c1-6-40(7-2,8-3)26-18-10-9-17-25-39-33-24-16-15-23-32(33)36(4,5)37(39)27-38-34-30-21-13-11-19-28(30)29-20-12-14-22-31(29)35(34)41-37/h11-16,19-24,27H,6-10,17-18,25-26H2,1-5H3/q+1. The number of fused-ring (bicyclic) bond motifs is 7. The lowest BCUT2D eigenvalue weighted by molar-refractivity contribution is -0.923. The van der Waals surface area contributed by atoms with Crippen molar-refractivity contribution >= 4 is 39.1 Å². The molecule has 214 valence electrons. The highest BCUT2D eigenvalue weighted by molar-refractivity contribution is 6.17. The van der Waals surface area contributed by atoms with Crippen molar-refractivity contribution in [1.29, 1.82) is 0 Å². The van der Waals surface area contributed by atoms with Crippen LogP contribution in [-0.4, -0.2) is 49.1 Å². The second kappa shape index (κ2) is 10.8. The maximum Gasteiger partial charge on any atom is 0.228 e. The molecule has 4 aromatic rings. The van der Waals surface area contributed by atoms with Crippen molar-refractivity contribution in [2.45, 2.75) is 71.4 Å². The fraction of sp³-hybridized carbons (Fsp3) is 0.432. The van der Waals surface area contributed by atoms with Gasteiger partial charge >= 0.3 is 0 Å². The van der Waals surface area contributed by atoms with Crippen molar-refractivity contribution in [3.8, 4) is 5.75 Å². The SMILES string of the molecule is CC[N+](CC)(CC)CCCCCCN1c2ccccc2C(C)(C)C12C=Nc1c(c3ccccc3c3ccccc13)O2. The van der Waals surface area contributed by atoms with Gasteiger partial charge in [-0.2, -0.15) is 0 Å². The first-order valence-electron chi connectivity index (χ1n) is 15.8. The molecule has 2 heterocycles.